The minimum atomic E-state index is 0.0742. The van der Waals surface area contributed by atoms with E-state index in [1.54, 1.807) is 0 Å². The van der Waals surface area contributed by atoms with Crippen molar-refractivity contribution in [3.63, 3.8) is 0 Å². The average molecular weight is 398 g/mol. The smallest absolute Gasteiger partial charge is 0.224 e. The Morgan fingerprint density at radius 1 is 1.28 bits per heavy atom. The summed E-state index contributed by atoms with van der Waals surface area (Å²) < 4.78 is 5.07. The molecule has 1 N–H and O–H groups in total. The van der Waals surface area contributed by atoms with Crippen molar-refractivity contribution in [3.05, 3.63) is 47.6 Å². The summed E-state index contributed by atoms with van der Waals surface area (Å²) in [6.07, 6.45) is 8.20. The highest BCUT2D eigenvalue weighted by Gasteiger charge is 2.31. The van der Waals surface area contributed by atoms with Gasteiger partial charge in [0, 0.05) is 37.6 Å². The number of carbonyl (C=O) groups is 1. The maximum atomic E-state index is 12.7. The summed E-state index contributed by atoms with van der Waals surface area (Å²) in [7, 11) is 0. The first-order valence-electron chi connectivity index (χ1n) is 10.7. The van der Waals surface area contributed by atoms with E-state index in [0.29, 0.717) is 12.6 Å². The second-order valence-corrected chi connectivity index (χ2v) is 8.35. The van der Waals surface area contributed by atoms with Gasteiger partial charge in [-0.25, -0.2) is 0 Å². The quantitative estimate of drug-likeness (QED) is 0.807. The molecule has 0 aromatic carbocycles. The van der Waals surface area contributed by atoms with Gasteiger partial charge in [-0.3, -0.25) is 19.6 Å². The number of nitrogens with one attached hydrogen (secondary N) is 1. The summed E-state index contributed by atoms with van der Waals surface area (Å²) in [5.74, 6) is 0.988. The van der Waals surface area contributed by atoms with Crippen molar-refractivity contribution in [1.82, 2.24) is 25.3 Å². The third-order valence-electron chi connectivity index (χ3n) is 6.15. The fraction of sp³-hybridized carbons (Fsp3) is 0.591. The predicted octanol–water partition coefficient (Wildman–Crippen LogP) is 2.37. The standard InChI is InChI=1S/C22H31N5O2/c1-17-12-20(25-29-17)14-24-22(28)19-5-3-9-27(16-19)21-6-10-26(11-7-21)15-18-4-2-8-23-13-18/h2,4,8,12-13,19,21H,3,5-7,9-11,14-16H2,1H3,(H,24,28)/t19-/m1/s1. The van der Waals surface area contributed by atoms with Crippen molar-refractivity contribution in [2.24, 2.45) is 5.92 Å². The highest BCUT2D eigenvalue weighted by molar-refractivity contribution is 5.78. The lowest BCUT2D eigenvalue weighted by atomic mass is 9.93. The molecule has 7 nitrogen and oxygen atoms in total. The van der Waals surface area contributed by atoms with Crippen LogP contribution in [0.4, 0.5) is 0 Å². The van der Waals surface area contributed by atoms with Crippen LogP contribution in [0.2, 0.25) is 0 Å². The number of aryl methyl sites for hydroxylation is 1. The number of hydrogen-bond donors (Lipinski definition) is 1. The van der Waals surface area contributed by atoms with Crippen LogP contribution in [0.15, 0.2) is 35.1 Å². The Hall–Kier alpha value is -2.25. The van der Waals surface area contributed by atoms with Gasteiger partial charge < -0.3 is 9.84 Å². The van der Waals surface area contributed by atoms with E-state index in [2.05, 4.69) is 31.3 Å². The zero-order valence-corrected chi connectivity index (χ0v) is 17.2. The summed E-state index contributed by atoms with van der Waals surface area (Å²) in [5.41, 5.74) is 2.06. The van der Waals surface area contributed by atoms with Crippen molar-refractivity contribution in [2.75, 3.05) is 26.2 Å². The van der Waals surface area contributed by atoms with Crippen LogP contribution in [0.3, 0.4) is 0 Å². The molecule has 1 atom stereocenters. The van der Waals surface area contributed by atoms with E-state index in [-0.39, 0.29) is 11.8 Å². The highest BCUT2D eigenvalue weighted by atomic mass is 16.5. The molecule has 7 heteroatoms. The molecule has 0 aliphatic carbocycles. The van der Waals surface area contributed by atoms with Gasteiger partial charge in [-0.15, -0.1) is 0 Å². The van der Waals surface area contributed by atoms with Crippen molar-refractivity contribution in [1.29, 1.82) is 0 Å². The van der Waals surface area contributed by atoms with E-state index < -0.39 is 0 Å². The minimum Gasteiger partial charge on any atom is -0.361 e. The molecular formula is C22H31N5O2. The van der Waals surface area contributed by atoms with E-state index in [1.807, 2.05) is 31.5 Å². The molecular weight excluding hydrogens is 366 g/mol. The topological polar surface area (TPSA) is 74.5 Å². The third kappa shape index (κ3) is 5.42. The molecule has 2 saturated heterocycles. The molecule has 4 rings (SSSR count). The zero-order valence-electron chi connectivity index (χ0n) is 17.2. The summed E-state index contributed by atoms with van der Waals surface area (Å²) in [6.45, 7) is 7.49. The Morgan fingerprint density at radius 2 is 2.14 bits per heavy atom. The second-order valence-electron chi connectivity index (χ2n) is 8.35. The molecule has 2 fully saturated rings. The Morgan fingerprint density at radius 3 is 2.86 bits per heavy atom. The van der Waals surface area contributed by atoms with Gasteiger partial charge >= 0.3 is 0 Å². The van der Waals surface area contributed by atoms with Gasteiger partial charge in [0.1, 0.15) is 11.5 Å². The SMILES string of the molecule is Cc1cc(CNC(=O)[C@@H]2CCCN(C3CCN(Cc4cccnc4)CC3)C2)no1. The number of amides is 1. The van der Waals surface area contributed by atoms with Gasteiger partial charge in [-0.2, -0.15) is 0 Å². The van der Waals surface area contributed by atoms with E-state index in [0.717, 1.165) is 57.0 Å². The number of rotatable bonds is 6. The molecule has 1 amide bonds. The van der Waals surface area contributed by atoms with Crippen LogP contribution in [0.5, 0.6) is 0 Å². The molecule has 4 heterocycles. The monoisotopic (exact) mass is 397 g/mol. The van der Waals surface area contributed by atoms with Crippen LogP contribution in [-0.4, -0.2) is 58.1 Å². The third-order valence-corrected chi connectivity index (χ3v) is 6.15. The molecule has 0 spiro atoms. The molecule has 156 valence electrons. The van der Waals surface area contributed by atoms with Gasteiger partial charge in [-0.1, -0.05) is 11.2 Å². The lowest BCUT2D eigenvalue weighted by Crippen LogP contribution is -2.50. The molecule has 0 unspecified atom stereocenters. The molecule has 2 aliphatic rings. The Balaban J connectivity index is 1.23. The first-order chi connectivity index (χ1) is 14.2. The largest absolute Gasteiger partial charge is 0.361 e. The number of pyridine rings is 1. The van der Waals surface area contributed by atoms with E-state index in [4.69, 9.17) is 4.52 Å². The second kappa shape index (κ2) is 9.50. The van der Waals surface area contributed by atoms with Gasteiger partial charge in [-0.05, 0) is 63.9 Å². The summed E-state index contributed by atoms with van der Waals surface area (Å²) in [5, 5.41) is 6.99. The van der Waals surface area contributed by atoms with Gasteiger partial charge in [0.2, 0.25) is 5.91 Å². The fourth-order valence-electron chi connectivity index (χ4n) is 4.57. The molecule has 2 aromatic rings. The zero-order chi connectivity index (χ0) is 20.1. The molecule has 0 saturated carbocycles. The van der Waals surface area contributed by atoms with E-state index >= 15 is 0 Å². The van der Waals surface area contributed by atoms with Crippen LogP contribution in [0, 0.1) is 12.8 Å². The number of hydrogen-bond acceptors (Lipinski definition) is 6. The van der Waals surface area contributed by atoms with E-state index in [9.17, 15) is 4.79 Å². The van der Waals surface area contributed by atoms with Gasteiger partial charge in [0.25, 0.3) is 0 Å². The predicted molar refractivity (Wildman–Crippen MR) is 110 cm³/mol. The lowest BCUT2D eigenvalue weighted by Gasteiger charge is -2.42. The van der Waals surface area contributed by atoms with E-state index in [1.165, 1.54) is 18.4 Å². The maximum Gasteiger partial charge on any atom is 0.224 e. The molecule has 2 aromatic heterocycles. The normalized spacial score (nSPS) is 21.9. The molecule has 2 aliphatic heterocycles. The van der Waals surface area contributed by atoms with Crippen LogP contribution < -0.4 is 5.32 Å². The van der Waals surface area contributed by atoms with Gasteiger partial charge in [0.15, 0.2) is 0 Å². The number of nitrogens with zero attached hydrogens (tertiary/aromatic N) is 4. The fourth-order valence-corrected chi connectivity index (χ4v) is 4.57. The van der Waals surface area contributed by atoms with Gasteiger partial charge in [0.05, 0.1) is 12.5 Å². The molecule has 0 radical (unpaired) electrons. The number of likely N-dealkylation sites (tertiary alicyclic amines) is 2. The van der Waals surface area contributed by atoms with Crippen LogP contribution in [-0.2, 0) is 17.9 Å². The van der Waals surface area contributed by atoms with Crippen LogP contribution >= 0.6 is 0 Å². The summed E-state index contributed by atoms with van der Waals surface area (Å²) >= 11 is 0. The summed E-state index contributed by atoms with van der Waals surface area (Å²) in [4.78, 5) is 21.9. The Bertz CT molecular complexity index is 786. The number of aromatic nitrogens is 2. The Labute approximate surface area is 172 Å². The van der Waals surface area contributed by atoms with Crippen molar-refractivity contribution in [3.8, 4) is 0 Å². The van der Waals surface area contributed by atoms with Crippen LogP contribution in [0.25, 0.3) is 0 Å². The van der Waals surface area contributed by atoms with Crippen molar-refractivity contribution < 1.29 is 9.32 Å². The first kappa shape index (κ1) is 20.0. The molecule has 0 bridgehead atoms. The average Bonchev–Trinajstić information content (AvgIpc) is 3.18. The first-order valence-corrected chi connectivity index (χ1v) is 10.7. The summed E-state index contributed by atoms with van der Waals surface area (Å²) in [6, 6.07) is 6.61. The highest BCUT2D eigenvalue weighted by Crippen LogP contribution is 2.24. The lowest BCUT2D eigenvalue weighted by molar-refractivity contribution is -0.127. The number of piperidine rings is 2. The molecule has 29 heavy (non-hydrogen) atoms. The maximum absolute atomic E-state index is 12.7. The minimum absolute atomic E-state index is 0.0742. The Kier molecular flexibility index (Phi) is 6.56. The van der Waals surface area contributed by atoms with Crippen molar-refractivity contribution in [2.45, 2.75) is 51.7 Å². The van der Waals surface area contributed by atoms with Crippen LogP contribution in [0.1, 0.15) is 42.7 Å². The van der Waals surface area contributed by atoms with Crippen molar-refractivity contribution >= 4 is 5.91 Å². The number of carbonyl (C=O) groups excluding carboxylic acids is 1.